The van der Waals surface area contributed by atoms with Crippen molar-refractivity contribution in [2.24, 2.45) is 0 Å². The van der Waals surface area contributed by atoms with E-state index in [4.69, 9.17) is 0 Å². The molecule has 0 aliphatic rings. The number of nitrogens with zero attached hydrogens (tertiary/aromatic N) is 4. The average molecular weight is 401 g/mol. The SMILES string of the molecule is Cc1cc(C)n(-c2ccc(=O)n(CCNC(=O)CSc3ccc(F)cc3)n2)n1. The Kier molecular flexibility index (Phi) is 6.25. The molecular weight excluding hydrogens is 381 g/mol. The van der Waals surface area contributed by atoms with Crippen molar-refractivity contribution in [1.82, 2.24) is 24.9 Å². The van der Waals surface area contributed by atoms with Crippen LogP contribution < -0.4 is 10.9 Å². The summed E-state index contributed by atoms with van der Waals surface area (Å²) in [6.45, 7) is 4.32. The molecule has 0 saturated heterocycles. The Labute approximate surface area is 165 Å². The number of hydrogen-bond acceptors (Lipinski definition) is 5. The molecule has 0 aliphatic carbocycles. The van der Waals surface area contributed by atoms with Gasteiger partial charge in [0.15, 0.2) is 5.82 Å². The Balaban J connectivity index is 1.54. The normalized spacial score (nSPS) is 10.8. The standard InChI is InChI=1S/C19H20FN5O2S/c1-13-11-14(2)25(22-13)17-7-8-19(27)24(23-17)10-9-21-18(26)12-28-16-5-3-15(20)4-6-16/h3-8,11H,9-10,12H2,1-2H3,(H,21,26). The van der Waals surface area contributed by atoms with Crippen molar-refractivity contribution >= 4 is 17.7 Å². The summed E-state index contributed by atoms with van der Waals surface area (Å²) in [7, 11) is 0. The van der Waals surface area contributed by atoms with Gasteiger partial charge in [0, 0.05) is 23.2 Å². The van der Waals surface area contributed by atoms with Gasteiger partial charge in [0.1, 0.15) is 5.82 Å². The van der Waals surface area contributed by atoms with Gasteiger partial charge in [0.05, 0.1) is 18.0 Å². The third-order valence-corrected chi connectivity index (χ3v) is 4.92. The van der Waals surface area contributed by atoms with Gasteiger partial charge >= 0.3 is 0 Å². The van der Waals surface area contributed by atoms with E-state index in [1.807, 2.05) is 19.9 Å². The molecule has 1 amide bonds. The lowest BCUT2D eigenvalue weighted by molar-refractivity contribution is -0.118. The van der Waals surface area contributed by atoms with Gasteiger partial charge < -0.3 is 5.32 Å². The van der Waals surface area contributed by atoms with Crippen LogP contribution in [0.2, 0.25) is 0 Å². The summed E-state index contributed by atoms with van der Waals surface area (Å²) in [5, 5.41) is 11.4. The molecule has 0 saturated carbocycles. The quantitative estimate of drug-likeness (QED) is 0.613. The highest BCUT2D eigenvalue weighted by atomic mass is 32.2. The number of aryl methyl sites for hydroxylation is 2. The van der Waals surface area contributed by atoms with Crippen LogP contribution in [0.5, 0.6) is 0 Å². The van der Waals surface area contributed by atoms with Gasteiger partial charge in [-0.2, -0.15) is 5.10 Å². The van der Waals surface area contributed by atoms with Crippen LogP contribution in [-0.2, 0) is 11.3 Å². The maximum Gasteiger partial charge on any atom is 0.266 e. The van der Waals surface area contributed by atoms with Gasteiger partial charge in [-0.1, -0.05) is 0 Å². The van der Waals surface area contributed by atoms with E-state index in [0.717, 1.165) is 16.3 Å². The monoisotopic (exact) mass is 401 g/mol. The lowest BCUT2D eigenvalue weighted by Gasteiger charge is -2.09. The van der Waals surface area contributed by atoms with Crippen LogP contribution in [0.25, 0.3) is 5.82 Å². The number of halogens is 1. The summed E-state index contributed by atoms with van der Waals surface area (Å²) in [4.78, 5) is 24.8. The zero-order chi connectivity index (χ0) is 20.1. The van der Waals surface area contributed by atoms with Crippen LogP contribution in [-0.4, -0.2) is 37.8 Å². The zero-order valence-electron chi connectivity index (χ0n) is 15.6. The third kappa shape index (κ3) is 5.07. The summed E-state index contributed by atoms with van der Waals surface area (Å²) in [6, 6.07) is 10.9. The van der Waals surface area contributed by atoms with Crippen molar-refractivity contribution in [2.75, 3.05) is 12.3 Å². The predicted molar refractivity (Wildman–Crippen MR) is 105 cm³/mol. The molecule has 0 radical (unpaired) electrons. The van der Waals surface area contributed by atoms with E-state index in [9.17, 15) is 14.0 Å². The second kappa shape index (κ2) is 8.83. The largest absolute Gasteiger partial charge is 0.354 e. The summed E-state index contributed by atoms with van der Waals surface area (Å²) in [6.07, 6.45) is 0. The van der Waals surface area contributed by atoms with Crippen LogP contribution in [0.3, 0.4) is 0 Å². The number of benzene rings is 1. The average Bonchev–Trinajstić information content (AvgIpc) is 3.01. The Morgan fingerprint density at radius 1 is 1.14 bits per heavy atom. The molecule has 2 aromatic heterocycles. The second-order valence-electron chi connectivity index (χ2n) is 6.18. The van der Waals surface area contributed by atoms with Crippen LogP contribution in [0, 0.1) is 19.7 Å². The highest BCUT2D eigenvalue weighted by Crippen LogP contribution is 2.17. The minimum Gasteiger partial charge on any atom is -0.354 e. The van der Waals surface area contributed by atoms with Crippen molar-refractivity contribution in [3.63, 3.8) is 0 Å². The fraction of sp³-hybridized carbons (Fsp3) is 0.263. The van der Waals surface area contributed by atoms with E-state index in [-0.39, 0.29) is 36.1 Å². The number of rotatable bonds is 7. The fourth-order valence-corrected chi connectivity index (χ4v) is 3.33. The first-order valence-electron chi connectivity index (χ1n) is 8.69. The second-order valence-corrected chi connectivity index (χ2v) is 7.23. The third-order valence-electron chi connectivity index (χ3n) is 3.91. The lowest BCUT2D eigenvalue weighted by Crippen LogP contribution is -2.33. The molecule has 1 N–H and O–H groups in total. The molecule has 0 bridgehead atoms. The smallest absolute Gasteiger partial charge is 0.266 e. The van der Waals surface area contributed by atoms with Gasteiger partial charge in [-0.05, 0) is 50.2 Å². The molecule has 3 rings (SSSR count). The summed E-state index contributed by atoms with van der Waals surface area (Å²) in [5.41, 5.74) is 1.53. The molecule has 0 unspecified atom stereocenters. The Hall–Kier alpha value is -2.94. The topological polar surface area (TPSA) is 81.8 Å². The molecule has 9 heteroatoms. The van der Waals surface area contributed by atoms with E-state index in [1.165, 1.54) is 34.6 Å². The van der Waals surface area contributed by atoms with E-state index in [1.54, 1.807) is 22.9 Å². The fourth-order valence-electron chi connectivity index (χ4n) is 2.60. The highest BCUT2D eigenvalue weighted by Gasteiger charge is 2.08. The number of carbonyl (C=O) groups is 1. The van der Waals surface area contributed by atoms with Crippen LogP contribution in [0.15, 0.2) is 52.2 Å². The first kappa shape index (κ1) is 19.8. The molecule has 7 nitrogen and oxygen atoms in total. The Bertz CT molecular complexity index is 1030. The Morgan fingerprint density at radius 3 is 2.57 bits per heavy atom. The van der Waals surface area contributed by atoms with E-state index >= 15 is 0 Å². The number of hydrogen-bond donors (Lipinski definition) is 1. The van der Waals surface area contributed by atoms with Crippen molar-refractivity contribution < 1.29 is 9.18 Å². The lowest BCUT2D eigenvalue weighted by atomic mass is 10.4. The zero-order valence-corrected chi connectivity index (χ0v) is 16.4. The van der Waals surface area contributed by atoms with Gasteiger partial charge in [-0.3, -0.25) is 9.59 Å². The van der Waals surface area contributed by atoms with E-state index < -0.39 is 0 Å². The first-order valence-corrected chi connectivity index (χ1v) is 9.68. The van der Waals surface area contributed by atoms with Crippen LogP contribution in [0.1, 0.15) is 11.4 Å². The van der Waals surface area contributed by atoms with Gasteiger partial charge in [0.2, 0.25) is 5.91 Å². The van der Waals surface area contributed by atoms with Gasteiger partial charge in [0.25, 0.3) is 5.56 Å². The molecule has 3 aromatic rings. The number of nitrogens with one attached hydrogen (secondary N) is 1. The maximum atomic E-state index is 12.9. The number of carbonyl (C=O) groups excluding carboxylic acids is 1. The predicted octanol–water partition coefficient (Wildman–Crippen LogP) is 2.09. The van der Waals surface area contributed by atoms with Crippen molar-refractivity contribution in [1.29, 1.82) is 0 Å². The molecule has 1 aromatic carbocycles. The minimum absolute atomic E-state index is 0.169. The van der Waals surface area contributed by atoms with Gasteiger partial charge in [-0.25, -0.2) is 13.8 Å². The summed E-state index contributed by atoms with van der Waals surface area (Å²) >= 11 is 1.32. The Morgan fingerprint density at radius 2 is 1.89 bits per heavy atom. The molecule has 0 aliphatic heterocycles. The molecule has 28 heavy (non-hydrogen) atoms. The van der Waals surface area contributed by atoms with Crippen LogP contribution >= 0.6 is 11.8 Å². The molecule has 2 heterocycles. The molecule has 146 valence electrons. The van der Waals surface area contributed by atoms with E-state index in [2.05, 4.69) is 15.5 Å². The summed E-state index contributed by atoms with van der Waals surface area (Å²) in [5.74, 6) is 0.273. The summed E-state index contributed by atoms with van der Waals surface area (Å²) < 4.78 is 15.9. The van der Waals surface area contributed by atoms with Crippen molar-refractivity contribution in [3.8, 4) is 5.82 Å². The molecule has 0 fully saturated rings. The molecule has 0 atom stereocenters. The van der Waals surface area contributed by atoms with Gasteiger partial charge in [-0.15, -0.1) is 16.9 Å². The number of aromatic nitrogens is 4. The van der Waals surface area contributed by atoms with Crippen molar-refractivity contribution in [2.45, 2.75) is 25.3 Å². The maximum absolute atomic E-state index is 12.9. The molecule has 0 spiro atoms. The number of amides is 1. The number of thioether (sulfide) groups is 1. The van der Waals surface area contributed by atoms with Crippen molar-refractivity contribution in [3.05, 3.63) is 70.0 Å². The van der Waals surface area contributed by atoms with E-state index in [0.29, 0.717) is 5.82 Å². The first-order chi connectivity index (χ1) is 13.4. The molecular formula is C19H20FN5O2S. The minimum atomic E-state index is -0.311. The highest BCUT2D eigenvalue weighted by molar-refractivity contribution is 8.00. The van der Waals surface area contributed by atoms with Crippen LogP contribution in [0.4, 0.5) is 4.39 Å².